The highest BCUT2D eigenvalue weighted by atomic mass is 79.9. The summed E-state index contributed by atoms with van der Waals surface area (Å²) in [6, 6.07) is 9.32. The van der Waals surface area contributed by atoms with E-state index >= 15 is 0 Å². The Morgan fingerprint density at radius 3 is 2.64 bits per heavy atom. The maximum absolute atomic E-state index is 3.45. The van der Waals surface area contributed by atoms with E-state index in [1.54, 1.807) is 0 Å². The summed E-state index contributed by atoms with van der Waals surface area (Å²) >= 11 is 3.45. The minimum absolute atomic E-state index is 1.04. The normalized spacial score (nSPS) is 18.6. The van der Waals surface area contributed by atoms with Gasteiger partial charge in [-0.15, -0.1) is 0 Å². The smallest absolute Gasteiger partial charge is 0.0378 e. The van der Waals surface area contributed by atoms with Gasteiger partial charge in [-0.05, 0) is 25.2 Å². The minimum Gasteiger partial charge on any atom is -0.369 e. The summed E-state index contributed by atoms with van der Waals surface area (Å²) in [5.74, 6) is 0. The molecule has 75 valence electrons. The summed E-state index contributed by atoms with van der Waals surface area (Å²) in [6.07, 6.45) is 0. The van der Waals surface area contributed by atoms with Crippen molar-refractivity contribution in [3.63, 3.8) is 0 Å². The second kappa shape index (κ2) is 4.32. The Bertz CT molecular complexity index is 306. The molecule has 2 rings (SSSR count). The van der Waals surface area contributed by atoms with Gasteiger partial charge < -0.3 is 9.80 Å². The van der Waals surface area contributed by atoms with Crippen molar-refractivity contribution in [2.75, 3.05) is 38.1 Å². The molecule has 0 bridgehead atoms. The molecule has 0 unspecified atom stereocenters. The van der Waals surface area contributed by atoms with E-state index in [0.717, 1.165) is 30.7 Å². The van der Waals surface area contributed by atoms with E-state index in [4.69, 9.17) is 0 Å². The van der Waals surface area contributed by atoms with Crippen LogP contribution in [0.4, 0.5) is 5.69 Å². The molecule has 0 atom stereocenters. The molecule has 1 heterocycles. The number of piperazine rings is 1. The van der Waals surface area contributed by atoms with E-state index in [1.165, 1.54) is 5.69 Å². The summed E-state index contributed by atoms with van der Waals surface area (Å²) in [5.41, 5.74) is 1.30. The molecule has 0 spiro atoms. The van der Waals surface area contributed by atoms with Crippen molar-refractivity contribution >= 4 is 21.6 Å². The molecule has 1 radical (unpaired) electrons. The lowest BCUT2D eigenvalue weighted by atomic mass is 10.2. The fourth-order valence-corrected chi connectivity index (χ4v) is 2.05. The second-order valence-corrected chi connectivity index (χ2v) is 4.54. The fraction of sp³-hybridized carbons (Fsp3) is 0.455. The van der Waals surface area contributed by atoms with Gasteiger partial charge in [-0.1, -0.05) is 22.0 Å². The molecular weight excluding hydrogens is 240 g/mol. The van der Waals surface area contributed by atoms with Crippen LogP contribution in [0.2, 0.25) is 0 Å². The largest absolute Gasteiger partial charge is 0.369 e. The zero-order valence-corrected chi connectivity index (χ0v) is 9.92. The topological polar surface area (TPSA) is 6.48 Å². The molecule has 14 heavy (non-hydrogen) atoms. The molecule has 0 saturated carbocycles. The Morgan fingerprint density at radius 2 is 2.00 bits per heavy atom. The van der Waals surface area contributed by atoms with Crippen molar-refractivity contribution < 1.29 is 0 Å². The van der Waals surface area contributed by atoms with E-state index in [-0.39, 0.29) is 0 Å². The number of nitrogens with zero attached hydrogens (tertiary/aromatic N) is 2. The zero-order chi connectivity index (χ0) is 9.97. The van der Waals surface area contributed by atoms with Gasteiger partial charge in [-0.3, -0.25) is 0 Å². The summed E-state index contributed by atoms with van der Waals surface area (Å²) in [5, 5.41) is 0. The van der Waals surface area contributed by atoms with E-state index < -0.39 is 0 Å². The number of likely N-dealkylation sites (N-methyl/N-ethyl adjacent to an activating group) is 1. The van der Waals surface area contributed by atoms with Crippen molar-refractivity contribution in [1.29, 1.82) is 0 Å². The molecule has 0 aromatic heterocycles. The molecule has 1 saturated heterocycles. The molecule has 0 N–H and O–H groups in total. The zero-order valence-electron chi connectivity index (χ0n) is 8.33. The summed E-state index contributed by atoms with van der Waals surface area (Å²) in [6.45, 7) is 4.53. The maximum atomic E-state index is 3.45. The predicted molar refractivity (Wildman–Crippen MR) is 62.7 cm³/mol. The first-order chi connectivity index (χ1) is 6.75. The van der Waals surface area contributed by atoms with E-state index in [9.17, 15) is 0 Å². The lowest BCUT2D eigenvalue weighted by Crippen LogP contribution is -2.44. The van der Waals surface area contributed by atoms with Crippen molar-refractivity contribution in [3.05, 3.63) is 28.7 Å². The third kappa shape index (κ3) is 2.28. The van der Waals surface area contributed by atoms with Gasteiger partial charge in [0.25, 0.3) is 0 Å². The highest BCUT2D eigenvalue weighted by Gasteiger charge is 2.13. The molecule has 1 aromatic carbocycles. The van der Waals surface area contributed by atoms with E-state index in [0.29, 0.717) is 0 Å². The van der Waals surface area contributed by atoms with E-state index in [1.807, 2.05) is 6.07 Å². The first-order valence-corrected chi connectivity index (χ1v) is 5.66. The number of benzene rings is 1. The van der Waals surface area contributed by atoms with Gasteiger partial charge in [0.05, 0.1) is 0 Å². The van der Waals surface area contributed by atoms with Gasteiger partial charge in [-0.2, -0.15) is 0 Å². The summed E-state index contributed by atoms with van der Waals surface area (Å²) < 4.78 is 1.04. The molecule has 0 aliphatic carbocycles. The quantitative estimate of drug-likeness (QED) is 0.756. The van der Waals surface area contributed by atoms with Gasteiger partial charge >= 0.3 is 0 Å². The highest BCUT2D eigenvalue weighted by Crippen LogP contribution is 2.20. The van der Waals surface area contributed by atoms with Crippen LogP contribution in [0.5, 0.6) is 0 Å². The Morgan fingerprint density at radius 1 is 1.29 bits per heavy atom. The Kier molecular flexibility index (Phi) is 3.08. The number of halogens is 1. The summed E-state index contributed by atoms with van der Waals surface area (Å²) in [4.78, 5) is 4.78. The van der Waals surface area contributed by atoms with E-state index in [2.05, 4.69) is 51.0 Å². The van der Waals surface area contributed by atoms with Crippen LogP contribution in [0.1, 0.15) is 0 Å². The Hall–Kier alpha value is -0.540. The van der Waals surface area contributed by atoms with Crippen LogP contribution >= 0.6 is 15.9 Å². The average molecular weight is 254 g/mol. The first-order valence-electron chi connectivity index (χ1n) is 4.86. The van der Waals surface area contributed by atoms with Gasteiger partial charge in [0.2, 0.25) is 0 Å². The molecule has 1 aliphatic rings. The number of anilines is 1. The Balaban J connectivity index is 2.08. The van der Waals surface area contributed by atoms with Gasteiger partial charge in [0.1, 0.15) is 0 Å². The molecule has 1 aliphatic heterocycles. The Labute approximate surface area is 93.6 Å². The molecule has 2 nitrogen and oxygen atoms in total. The minimum atomic E-state index is 1.04. The fourth-order valence-electron chi connectivity index (χ4n) is 1.69. The highest BCUT2D eigenvalue weighted by molar-refractivity contribution is 9.10. The number of hydrogen-bond donors (Lipinski definition) is 0. The van der Waals surface area contributed by atoms with Crippen LogP contribution in [0.3, 0.4) is 0 Å². The number of rotatable bonds is 1. The van der Waals surface area contributed by atoms with Crippen molar-refractivity contribution in [3.8, 4) is 0 Å². The monoisotopic (exact) mass is 253 g/mol. The first kappa shape index (κ1) is 9.99. The molecule has 0 amide bonds. The van der Waals surface area contributed by atoms with Crippen LogP contribution < -0.4 is 4.90 Å². The predicted octanol–water partition coefficient (Wildman–Crippen LogP) is 2.00. The lowest BCUT2D eigenvalue weighted by Gasteiger charge is -2.34. The SMILES string of the molecule is CN1CCN(c2cc[c]c(Br)c2)CC1. The van der Waals surface area contributed by atoms with Crippen molar-refractivity contribution in [1.82, 2.24) is 4.90 Å². The average Bonchev–Trinajstić information content (AvgIpc) is 2.19. The molecule has 3 heteroatoms. The third-order valence-corrected chi connectivity index (χ3v) is 3.08. The molecular formula is C11H14BrN2. The summed E-state index contributed by atoms with van der Waals surface area (Å²) in [7, 11) is 2.17. The number of hydrogen-bond acceptors (Lipinski definition) is 2. The maximum Gasteiger partial charge on any atom is 0.0378 e. The molecule has 1 fully saturated rings. The third-order valence-electron chi connectivity index (χ3n) is 2.62. The van der Waals surface area contributed by atoms with Gasteiger partial charge in [0, 0.05) is 36.3 Å². The van der Waals surface area contributed by atoms with Crippen molar-refractivity contribution in [2.45, 2.75) is 0 Å². The lowest BCUT2D eigenvalue weighted by molar-refractivity contribution is 0.313. The molecule has 1 aromatic rings. The van der Waals surface area contributed by atoms with Crippen LogP contribution in [0, 0.1) is 6.07 Å². The van der Waals surface area contributed by atoms with Gasteiger partial charge in [-0.25, -0.2) is 0 Å². The van der Waals surface area contributed by atoms with Crippen LogP contribution in [0.25, 0.3) is 0 Å². The van der Waals surface area contributed by atoms with Gasteiger partial charge in [0.15, 0.2) is 0 Å². The standard InChI is InChI=1S/C11H14BrN2/c1-13-5-7-14(8-6-13)11-4-2-3-10(12)9-11/h2,4,9H,5-8H2,1H3. The van der Waals surface area contributed by atoms with Crippen LogP contribution in [-0.4, -0.2) is 38.1 Å². The van der Waals surface area contributed by atoms with Crippen molar-refractivity contribution in [2.24, 2.45) is 0 Å². The van der Waals surface area contributed by atoms with Crippen LogP contribution in [-0.2, 0) is 0 Å². The van der Waals surface area contributed by atoms with Crippen LogP contribution in [0.15, 0.2) is 22.7 Å². The second-order valence-electron chi connectivity index (χ2n) is 3.69.